The number of aliphatic hydroxyl groups is 1. The summed E-state index contributed by atoms with van der Waals surface area (Å²) in [5.74, 6) is -1.17. The average Bonchev–Trinajstić information content (AvgIpc) is 2.98. The molecule has 14 heteroatoms. The van der Waals surface area contributed by atoms with Crippen LogP contribution in [0.5, 0.6) is 11.5 Å². The molecular formula is C29H34FN3O8S2. The standard InChI is InChI=1S/C29H34FN3O8S2/c1-19-16-33(20(2)18-34)29(35)25-6-5-7-26(31-42(36,37)23-12-8-21(30)9-13-23)28(25)41-27(19)17-32(3)43(38,39)24-14-10-22(40-4)11-15-24/h5-15,19-20,27,31,34H,16-18H2,1-4H3/t19-,20-,27-/m1/s1. The molecule has 1 aliphatic rings. The SMILES string of the molecule is COc1ccc(S(=O)(=O)N(C)C[C@H]2Oc3c(NS(=O)(=O)c4ccc(F)cc4)cccc3C(=O)N([C@H](C)CO)C[C@H]2C)cc1. The number of fused-ring (bicyclic) bond motifs is 1. The van der Waals surface area contributed by atoms with Crippen molar-refractivity contribution in [3.05, 3.63) is 78.1 Å². The molecule has 3 aromatic carbocycles. The van der Waals surface area contributed by atoms with E-state index in [1.807, 2.05) is 0 Å². The van der Waals surface area contributed by atoms with Crippen LogP contribution in [-0.2, 0) is 20.0 Å². The molecule has 0 aromatic heterocycles. The van der Waals surface area contributed by atoms with Crippen LogP contribution in [0.3, 0.4) is 0 Å². The van der Waals surface area contributed by atoms with Gasteiger partial charge in [0.25, 0.3) is 15.9 Å². The number of aliphatic hydroxyl groups excluding tert-OH is 1. The van der Waals surface area contributed by atoms with Crippen LogP contribution in [-0.4, -0.2) is 83.1 Å². The molecule has 4 rings (SSSR count). The monoisotopic (exact) mass is 635 g/mol. The van der Waals surface area contributed by atoms with Crippen LogP contribution in [0.4, 0.5) is 10.1 Å². The third kappa shape index (κ3) is 6.93. The Labute approximate surface area is 250 Å². The number of rotatable bonds is 10. The summed E-state index contributed by atoms with van der Waals surface area (Å²) in [6, 6.07) is 13.9. The maximum atomic E-state index is 13.7. The third-order valence-electron chi connectivity index (χ3n) is 7.26. The zero-order valence-corrected chi connectivity index (χ0v) is 25.7. The average molecular weight is 636 g/mol. The molecule has 0 fully saturated rings. The van der Waals surface area contributed by atoms with Crippen molar-refractivity contribution in [3.63, 3.8) is 0 Å². The van der Waals surface area contributed by atoms with Gasteiger partial charge in [-0.1, -0.05) is 13.0 Å². The number of sulfonamides is 2. The number of ether oxygens (including phenoxy) is 2. The van der Waals surface area contributed by atoms with Crippen LogP contribution in [0.15, 0.2) is 76.5 Å². The number of halogens is 1. The Morgan fingerprint density at radius 3 is 2.30 bits per heavy atom. The second kappa shape index (κ2) is 12.9. The first-order chi connectivity index (χ1) is 20.3. The number of hydrogen-bond donors (Lipinski definition) is 2. The minimum Gasteiger partial charge on any atom is -0.497 e. The van der Waals surface area contributed by atoms with Crippen LogP contribution in [0.1, 0.15) is 24.2 Å². The molecule has 3 aromatic rings. The first-order valence-electron chi connectivity index (χ1n) is 13.4. The van der Waals surface area contributed by atoms with Crippen LogP contribution < -0.4 is 14.2 Å². The summed E-state index contributed by atoms with van der Waals surface area (Å²) in [6.45, 7) is 3.10. The number of nitrogens with one attached hydrogen (secondary N) is 1. The van der Waals surface area contributed by atoms with E-state index in [9.17, 15) is 31.1 Å². The van der Waals surface area contributed by atoms with Gasteiger partial charge in [-0.25, -0.2) is 21.2 Å². The summed E-state index contributed by atoms with van der Waals surface area (Å²) in [7, 11) is -5.33. The molecule has 0 saturated carbocycles. The molecule has 0 radical (unpaired) electrons. The van der Waals surface area contributed by atoms with Crippen LogP contribution in [0.25, 0.3) is 0 Å². The molecule has 0 unspecified atom stereocenters. The number of benzene rings is 3. The van der Waals surface area contributed by atoms with E-state index < -0.39 is 49.8 Å². The topological polar surface area (TPSA) is 143 Å². The zero-order chi connectivity index (χ0) is 31.5. The largest absolute Gasteiger partial charge is 0.497 e. The Morgan fingerprint density at radius 1 is 1.07 bits per heavy atom. The highest BCUT2D eigenvalue weighted by atomic mass is 32.2. The predicted molar refractivity (Wildman–Crippen MR) is 158 cm³/mol. The van der Waals surface area contributed by atoms with Crippen molar-refractivity contribution < 1.29 is 40.6 Å². The highest BCUT2D eigenvalue weighted by molar-refractivity contribution is 7.92. The lowest BCUT2D eigenvalue weighted by Gasteiger charge is -2.38. The molecule has 43 heavy (non-hydrogen) atoms. The minimum atomic E-state index is -4.23. The lowest BCUT2D eigenvalue weighted by atomic mass is 9.99. The van der Waals surface area contributed by atoms with Gasteiger partial charge in [-0.05, 0) is 67.6 Å². The summed E-state index contributed by atoms with van der Waals surface area (Å²) < 4.78 is 81.7. The quantitative estimate of drug-likeness (QED) is 0.346. The van der Waals surface area contributed by atoms with Gasteiger partial charge in [-0.2, -0.15) is 4.31 Å². The highest BCUT2D eigenvalue weighted by Gasteiger charge is 2.36. The molecule has 1 aliphatic heterocycles. The van der Waals surface area contributed by atoms with E-state index in [0.29, 0.717) is 5.75 Å². The van der Waals surface area contributed by atoms with Crippen molar-refractivity contribution in [2.45, 2.75) is 35.8 Å². The number of carbonyl (C=O) groups is 1. The molecule has 0 spiro atoms. The molecule has 2 N–H and O–H groups in total. The van der Waals surface area contributed by atoms with Crippen LogP contribution >= 0.6 is 0 Å². The Kier molecular flexibility index (Phi) is 9.64. The van der Waals surface area contributed by atoms with Crippen molar-refractivity contribution in [1.82, 2.24) is 9.21 Å². The van der Waals surface area contributed by atoms with Crippen LogP contribution in [0.2, 0.25) is 0 Å². The van der Waals surface area contributed by atoms with Gasteiger partial charge in [-0.3, -0.25) is 9.52 Å². The number of nitrogens with zero attached hydrogens (tertiary/aromatic N) is 2. The van der Waals surface area contributed by atoms with Gasteiger partial charge >= 0.3 is 0 Å². The first kappa shape index (κ1) is 32.2. The molecule has 3 atom stereocenters. The van der Waals surface area contributed by atoms with E-state index in [0.717, 1.165) is 28.6 Å². The lowest BCUT2D eigenvalue weighted by molar-refractivity contribution is 0.0389. The number of hydrogen-bond acceptors (Lipinski definition) is 8. The Morgan fingerprint density at radius 2 is 1.70 bits per heavy atom. The maximum absolute atomic E-state index is 13.7. The van der Waals surface area contributed by atoms with E-state index in [1.165, 1.54) is 61.5 Å². The number of anilines is 1. The summed E-state index contributed by atoms with van der Waals surface area (Å²) in [4.78, 5) is 15.0. The Hall–Kier alpha value is -3.72. The molecular weight excluding hydrogens is 601 g/mol. The highest BCUT2D eigenvalue weighted by Crippen LogP contribution is 2.36. The molecule has 1 amide bonds. The fraction of sp³-hybridized carbons (Fsp3) is 0.345. The molecule has 232 valence electrons. The molecule has 11 nitrogen and oxygen atoms in total. The van der Waals surface area contributed by atoms with E-state index in [2.05, 4.69) is 4.72 Å². The van der Waals surface area contributed by atoms with Gasteiger partial charge in [-0.15, -0.1) is 0 Å². The van der Waals surface area contributed by atoms with Crippen molar-refractivity contribution in [2.24, 2.45) is 5.92 Å². The van der Waals surface area contributed by atoms with E-state index in [-0.39, 0.29) is 46.5 Å². The van der Waals surface area contributed by atoms with Crippen molar-refractivity contribution >= 4 is 31.6 Å². The van der Waals surface area contributed by atoms with Gasteiger partial charge in [0.2, 0.25) is 10.0 Å². The van der Waals surface area contributed by atoms with Crippen molar-refractivity contribution in [2.75, 3.05) is 38.6 Å². The van der Waals surface area contributed by atoms with Crippen LogP contribution in [0, 0.1) is 11.7 Å². The summed E-state index contributed by atoms with van der Waals surface area (Å²) >= 11 is 0. The summed E-state index contributed by atoms with van der Waals surface area (Å²) in [5.41, 5.74) is -0.0382. The van der Waals surface area contributed by atoms with Crippen molar-refractivity contribution in [1.29, 1.82) is 0 Å². The number of methoxy groups -OCH3 is 1. The molecule has 1 heterocycles. The second-order valence-corrected chi connectivity index (χ2v) is 14.1. The van der Waals surface area contributed by atoms with Gasteiger partial charge in [0.15, 0.2) is 5.75 Å². The zero-order valence-electron chi connectivity index (χ0n) is 24.1. The minimum absolute atomic E-state index is 0.0252. The van der Waals surface area contributed by atoms with E-state index in [4.69, 9.17) is 9.47 Å². The Balaban J connectivity index is 1.74. The van der Waals surface area contributed by atoms with Crippen molar-refractivity contribution in [3.8, 4) is 11.5 Å². The number of amides is 1. The first-order valence-corrected chi connectivity index (χ1v) is 16.3. The fourth-order valence-corrected chi connectivity index (χ4v) is 6.88. The molecule has 0 bridgehead atoms. The number of likely N-dealkylation sites (N-methyl/N-ethyl adjacent to an activating group) is 1. The number of para-hydroxylation sites is 1. The molecule has 0 saturated heterocycles. The smallest absolute Gasteiger partial charge is 0.262 e. The van der Waals surface area contributed by atoms with E-state index in [1.54, 1.807) is 13.8 Å². The van der Waals surface area contributed by atoms with Gasteiger partial charge in [0.05, 0.1) is 47.3 Å². The van der Waals surface area contributed by atoms with E-state index >= 15 is 0 Å². The predicted octanol–water partition coefficient (Wildman–Crippen LogP) is 3.18. The second-order valence-electron chi connectivity index (χ2n) is 10.3. The van der Waals surface area contributed by atoms with Gasteiger partial charge in [0.1, 0.15) is 17.7 Å². The summed E-state index contributed by atoms with van der Waals surface area (Å²) in [5, 5.41) is 9.90. The Bertz CT molecular complexity index is 1670. The number of carbonyl (C=O) groups excluding carboxylic acids is 1. The normalized spacial score (nSPS) is 18.3. The summed E-state index contributed by atoms with van der Waals surface area (Å²) in [6.07, 6.45) is -0.852. The van der Waals surface area contributed by atoms with Gasteiger partial charge < -0.3 is 19.5 Å². The van der Waals surface area contributed by atoms with Gasteiger partial charge in [0, 0.05) is 19.5 Å². The lowest BCUT2D eigenvalue weighted by Crippen LogP contribution is -2.50. The third-order valence-corrected chi connectivity index (χ3v) is 10.5. The molecule has 0 aliphatic carbocycles. The maximum Gasteiger partial charge on any atom is 0.262 e. The fourth-order valence-electron chi connectivity index (χ4n) is 4.64.